The molecule has 5 fully saturated rings. The summed E-state index contributed by atoms with van der Waals surface area (Å²) in [5, 5.41) is 5.39. The zero-order valence-electron chi connectivity index (χ0n) is 20.8. The van der Waals surface area contributed by atoms with Crippen LogP contribution in [0.4, 0.5) is 9.59 Å². The molecular weight excluding hydrogens is 444 g/mol. The third-order valence-electron chi connectivity index (χ3n) is 7.76. The van der Waals surface area contributed by atoms with Gasteiger partial charge in [0.1, 0.15) is 18.3 Å². The molecule has 6 unspecified atom stereocenters. The van der Waals surface area contributed by atoms with E-state index in [0.717, 1.165) is 32.6 Å². The molecule has 5 aliphatic rings. The summed E-state index contributed by atoms with van der Waals surface area (Å²) in [6, 6.07) is 0. The molecule has 0 aromatic rings. The number of amides is 2. The summed E-state index contributed by atoms with van der Waals surface area (Å²) < 4.78 is 29.6. The predicted octanol–water partition coefficient (Wildman–Crippen LogP) is 0.835. The molecule has 4 heterocycles. The topological polar surface area (TPSA) is 111 Å². The van der Waals surface area contributed by atoms with Crippen LogP contribution in [0.3, 0.4) is 0 Å². The van der Waals surface area contributed by atoms with E-state index in [2.05, 4.69) is 27.4 Å². The Morgan fingerprint density at radius 3 is 2.41 bits per heavy atom. The fraction of sp³-hybridized carbons (Fsp3) is 0.913. The molecule has 0 aromatic carbocycles. The van der Waals surface area contributed by atoms with Gasteiger partial charge < -0.3 is 34.3 Å². The van der Waals surface area contributed by atoms with Gasteiger partial charge in [0.25, 0.3) is 0 Å². The van der Waals surface area contributed by atoms with Crippen LogP contribution in [0.15, 0.2) is 0 Å². The third kappa shape index (κ3) is 4.99. The van der Waals surface area contributed by atoms with E-state index in [4.69, 9.17) is 23.7 Å². The number of carbonyl (C=O) groups is 2. The van der Waals surface area contributed by atoms with E-state index in [1.807, 2.05) is 13.8 Å². The van der Waals surface area contributed by atoms with E-state index < -0.39 is 11.7 Å². The van der Waals surface area contributed by atoms with Crippen LogP contribution in [0.2, 0.25) is 0 Å². The molecule has 11 nitrogen and oxygen atoms in total. The van der Waals surface area contributed by atoms with Gasteiger partial charge in [0.2, 0.25) is 0 Å². The minimum Gasteiger partial charge on any atom is -0.448 e. The maximum Gasteiger partial charge on any atom is 0.407 e. The minimum absolute atomic E-state index is 0.000402. The quantitative estimate of drug-likeness (QED) is 0.492. The van der Waals surface area contributed by atoms with Gasteiger partial charge in [0.05, 0.1) is 0 Å². The van der Waals surface area contributed by atoms with Crippen LogP contribution in [0, 0.1) is 17.8 Å². The molecule has 2 amide bonds. The molecule has 5 rings (SSSR count). The van der Waals surface area contributed by atoms with Crippen LogP contribution >= 0.6 is 0 Å². The molecule has 7 atom stereocenters. The van der Waals surface area contributed by atoms with Gasteiger partial charge in [-0.25, -0.2) is 9.59 Å². The van der Waals surface area contributed by atoms with Crippen LogP contribution in [0.1, 0.15) is 27.2 Å². The smallest absolute Gasteiger partial charge is 0.407 e. The molecule has 1 saturated carbocycles. The Balaban J connectivity index is 1.39. The van der Waals surface area contributed by atoms with Crippen molar-refractivity contribution in [2.75, 3.05) is 66.1 Å². The average molecular weight is 485 g/mol. The summed E-state index contributed by atoms with van der Waals surface area (Å²) >= 11 is 0. The Labute approximate surface area is 201 Å². The number of carbonyl (C=O) groups excluding carboxylic acids is 2. The number of nitrogens with zero attached hydrogens (tertiary/aromatic N) is 2. The van der Waals surface area contributed by atoms with Gasteiger partial charge in [-0.05, 0) is 26.2 Å². The second kappa shape index (κ2) is 10.9. The highest BCUT2D eigenvalue weighted by molar-refractivity contribution is 5.67. The number of ether oxygens (including phenoxy) is 5. The Morgan fingerprint density at radius 2 is 1.74 bits per heavy atom. The van der Waals surface area contributed by atoms with E-state index in [0.29, 0.717) is 38.7 Å². The third-order valence-corrected chi connectivity index (χ3v) is 7.76. The summed E-state index contributed by atoms with van der Waals surface area (Å²) in [5.74, 6) is 0.527. The van der Waals surface area contributed by atoms with E-state index in [9.17, 15) is 9.59 Å². The van der Waals surface area contributed by atoms with Gasteiger partial charge >= 0.3 is 12.2 Å². The Bertz CT molecular complexity index is 719. The number of fused-ring (bicyclic) bond motifs is 1. The van der Waals surface area contributed by atoms with Crippen molar-refractivity contribution < 1.29 is 33.3 Å². The molecule has 0 spiro atoms. The van der Waals surface area contributed by atoms with Crippen molar-refractivity contribution >= 4 is 12.2 Å². The number of hydrogen-bond acceptors (Lipinski definition) is 9. The van der Waals surface area contributed by atoms with Crippen molar-refractivity contribution in [1.82, 2.24) is 20.4 Å². The molecular formula is C23H40N4O7. The first-order valence-electron chi connectivity index (χ1n) is 12.6. The fourth-order valence-electron chi connectivity index (χ4n) is 6.09. The molecule has 34 heavy (non-hydrogen) atoms. The minimum atomic E-state index is -0.657. The van der Waals surface area contributed by atoms with E-state index in [1.54, 1.807) is 7.11 Å². The summed E-state index contributed by atoms with van der Waals surface area (Å²) in [6.07, 6.45) is -1.11. The zero-order valence-corrected chi connectivity index (χ0v) is 20.8. The first-order valence-corrected chi connectivity index (χ1v) is 12.6. The van der Waals surface area contributed by atoms with Crippen molar-refractivity contribution in [1.29, 1.82) is 0 Å². The SMILES string of the molecule is CCNC(=O)OCCN1CCN(CC23OC4OC(OC)C2C(C[C@H]3OC(=O)NCC)C4C)CC1. The van der Waals surface area contributed by atoms with Crippen molar-refractivity contribution in [3.8, 4) is 0 Å². The lowest BCUT2D eigenvalue weighted by molar-refractivity contribution is -0.410. The van der Waals surface area contributed by atoms with Gasteiger partial charge in [-0.1, -0.05) is 6.92 Å². The van der Waals surface area contributed by atoms with Crippen LogP contribution in [0.5, 0.6) is 0 Å². The molecule has 0 aromatic heterocycles. The molecule has 0 radical (unpaired) electrons. The molecule has 4 bridgehead atoms. The fourth-order valence-corrected chi connectivity index (χ4v) is 6.09. The number of hydrogen-bond donors (Lipinski definition) is 2. The van der Waals surface area contributed by atoms with Crippen LogP contribution in [0.25, 0.3) is 0 Å². The van der Waals surface area contributed by atoms with Gasteiger partial charge in [0.15, 0.2) is 12.6 Å². The van der Waals surface area contributed by atoms with Gasteiger partial charge in [-0.2, -0.15) is 0 Å². The molecule has 11 heteroatoms. The first-order chi connectivity index (χ1) is 16.4. The van der Waals surface area contributed by atoms with Crippen LogP contribution in [-0.2, 0) is 23.7 Å². The lowest BCUT2D eigenvalue weighted by atomic mass is 9.73. The maximum absolute atomic E-state index is 12.4. The predicted molar refractivity (Wildman–Crippen MR) is 122 cm³/mol. The molecule has 1 aliphatic carbocycles. The zero-order chi connectivity index (χ0) is 24.3. The summed E-state index contributed by atoms with van der Waals surface area (Å²) in [5.41, 5.74) is -0.657. The standard InChI is InChI=1S/C23H40N4O7/c1-5-24-21(28)31-12-11-26-7-9-27(10-8-26)14-23-17(32-22(29)25-6-2)13-16-15(3)19(34-23)33-20(30-4)18(16)23/h15-20H,5-14H2,1-4H3,(H,24,28)(H,25,29)/t15?,16?,17-,18?,19?,20?,23?/m1/s1. The van der Waals surface area contributed by atoms with E-state index >= 15 is 0 Å². The van der Waals surface area contributed by atoms with Crippen molar-refractivity contribution in [2.24, 2.45) is 17.8 Å². The lowest BCUT2D eigenvalue weighted by Crippen LogP contribution is -2.69. The molecule has 194 valence electrons. The summed E-state index contributed by atoms with van der Waals surface area (Å²) in [6.45, 7) is 12.2. The number of nitrogens with one attached hydrogen (secondary N) is 2. The van der Waals surface area contributed by atoms with E-state index in [-0.39, 0.29) is 36.6 Å². The average Bonchev–Trinajstić information content (AvgIpc) is 3.08. The summed E-state index contributed by atoms with van der Waals surface area (Å²) in [4.78, 5) is 28.5. The molecule has 4 aliphatic heterocycles. The second-order valence-electron chi connectivity index (χ2n) is 9.67. The number of alkyl carbamates (subject to hydrolysis) is 2. The Kier molecular flexibility index (Phi) is 8.19. The Morgan fingerprint density at radius 1 is 1.06 bits per heavy atom. The van der Waals surface area contributed by atoms with Gasteiger partial charge in [-0.15, -0.1) is 0 Å². The second-order valence-corrected chi connectivity index (χ2v) is 9.67. The van der Waals surface area contributed by atoms with Crippen molar-refractivity contribution in [3.05, 3.63) is 0 Å². The summed E-state index contributed by atoms with van der Waals surface area (Å²) in [7, 11) is 1.67. The number of piperazine rings is 1. The Hall–Kier alpha value is -1.66. The number of methoxy groups -OCH3 is 1. The van der Waals surface area contributed by atoms with Crippen molar-refractivity contribution in [3.63, 3.8) is 0 Å². The highest BCUT2D eigenvalue weighted by Gasteiger charge is 2.70. The van der Waals surface area contributed by atoms with Crippen LogP contribution < -0.4 is 10.6 Å². The first kappa shape index (κ1) is 25.4. The highest BCUT2D eigenvalue weighted by Crippen LogP contribution is 2.59. The maximum atomic E-state index is 12.4. The molecule has 4 saturated heterocycles. The van der Waals surface area contributed by atoms with Crippen molar-refractivity contribution in [2.45, 2.75) is 51.5 Å². The van der Waals surface area contributed by atoms with Gasteiger partial charge in [-0.3, -0.25) is 9.80 Å². The lowest BCUT2D eigenvalue weighted by Gasteiger charge is -2.57. The largest absolute Gasteiger partial charge is 0.448 e. The molecule has 2 N–H and O–H groups in total. The van der Waals surface area contributed by atoms with Crippen LogP contribution in [-0.4, -0.2) is 112 Å². The normalized spacial score (nSPS) is 37.4. The monoisotopic (exact) mass is 484 g/mol. The number of rotatable bonds is 9. The van der Waals surface area contributed by atoms with E-state index in [1.165, 1.54) is 0 Å². The highest BCUT2D eigenvalue weighted by atomic mass is 16.8. The van der Waals surface area contributed by atoms with Gasteiger partial charge in [0, 0.05) is 71.3 Å².